The van der Waals surface area contributed by atoms with Crippen LogP contribution in [0.4, 0.5) is 0 Å². The molecule has 70 valence electrons. The average molecular weight is 179 g/mol. The van der Waals surface area contributed by atoms with E-state index in [1.54, 1.807) is 7.11 Å². The van der Waals surface area contributed by atoms with Gasteiger partial charge in [-0.3, -0.25) is 0 Å². The van der Waals surface area contributed by atoms with Gasteiger partial charge >= 0.3 is 0 Å². The van der Waals surface area contributed by atoms with Gasteiger partial charge in [-0.2, -0.15) is 0 Å². The molecule has 2 unspecified atom stereocenters. The Morgan fingerprint density at radius 3 is 3.23 bits per heavy atom. The number of hydrogen-bond acceptors (Lipinski definition) is 3. The van der Waals surface area contributed by atoms with Gasteiger partial charge in [0.2, 0.25) is 0 Å². The summed E-state index contributed by atoms with van der Waals surface area (Å²) in [5.41, 5.74) is 6.47. The molecule has 3 heteroatoms. The number of methoxy groups -OCH3 is 1. The smallest absolute Gasteiger partial charge is 0.105 e. The zero-order valence-corrected chi connectivity index (χ0v) is 7.57. The van der Waals surface area contributed by atoms with Crippen molar-refractivity contribution in [3.8, 4) is 0 Å². The summed E-state index contributed by atoms with van der Waals surface area (Å²) in [6.07, 6.45) is 8.02. The highest BCUT2D eigenvalue weighted by Crippen LogP contribution is 2.28. The second kappa shape index (κ2) is 3.26. The Morgan fingerprint density at radius 2 is 2.46 bits per heavy atom. The van der Waals surface area contributed by atoms with Gasteiger partial charge in [0.15, 0.2) is 0 Å². The van der Waals surface area contributed by atoms with Crippen molar-refractivity contribution in [3.05, 3.63) is 35.8 Å². The van der Waals surface area contributed by atoms with E-state index in [4.69, 9.17) is 15.2 Å². The summed E-state index contributed by atoms with van der Waals surface area (Å²) in [6, 6.07) is 0. The predicted molar refractivity (Wildman–Crippen MR) is 49.7 cm³/mol. The highest BCUT2D eigenvalue weighted by Gasteiger charge is 2.28. The van der Waals surface area contributed by atoms with Gasteiger partial charge in [0, 0.05) is 5.70 Å². The van der Waals surface area contributed by atoms with E-state index in [0.717, 1.165) is 11.5 Å². The molecule has 1 aliphatic carbocycles. The molecule has 2 rings (SSSR count). The first-order chi connectivity index (χ1) is 6.31. The molecule has 3 nitrogen and oxygen atoms in total. The summed E-state index contributed by atoms with van der Waals surface area (Å²) >= 11 is 0. The van der Waals surface area contributed by atoms with E-state index in [0.29, 0.717) is 6.61 Å². The SMILES string of the molecule is COC1=CC=CC2OCC(N)=CC12. The first kappa shape index (κ1) is 8.38. The number of hydrogen-bond donors (Lipinski definition) is 1. The van der Waals surface area contributed by atoms with Crippen molar-refractivity contribution in [1.29, 1.82) is 0 Å². The molecule has 0 saturated heterocycles. The fourth-order valence-corrected chi connectivity index (χ4v) is 1.66. The van der Waals surface area contributed by atoms with Crippen molar-refractivity contribution in [2.24, 2.45) is 11.7 Å². The van der Waals surface area contributed by atoms with Gasteiger partial charge in [-0.05, 0) is 12.2 Å². The van der Waals surface area contributed by atoms with Gasteiger partial charge in [-0.25, -0.2) is 0 Å². The topological polar surface area (TPSA) is 44.5 Å². The minimum Gasteiger partial charge on any atom is -0.500 e. The van der Waals surface area contributed by atoms with E-state index in [9.17, 15) is 0 Å². The van der Waals surface area contributed by atoms with Crippen LogP contribution in [0.1, 0.15) is 0 Å². The summed E-state index contributed by atoms with van der Waals surface area (Å²) in [7, 11) is 1.67. The summed E-state index contributed by atoms with van der Waals surface area (Å²) in [5, 5.41) is 0. The standard InChI is InChI=1S/C10H13NO2/c1-12-9-3-2-4-10-8(9)5-7(11)6-13-10/h2-5,8,10H,6,11H2,1H3. The third-order valence-corrected chi connectivity index (χ3v) is 2.32. The number of ether oxygens (including phenoxy) is 2. The maximum atomic E-state index is 5.69. The molecule has 0 aromatic heterocycles. The molecule has 1 aliphatic heterocycles. The van der Waals surface area contributed by atoms with Crippen LogP contribution in [0.2, 0.25) is 0 Å². The molecular formula is C10H13NO2. The molecule has 2 aliphatic rings. The molecule has 0 saturated carbocycles. The number of rotatable bonds is 1. The molecule has 0 radical (unpaired) electrons. The van der Waals surface area contributed by atoms with Crippen LogP contribution in [-0.4, -0.2) is 19.8 Å². The van der Waals surface area contributed by atoms with Gasteiger partial charge in [-0.15, -0.1) is 0 Å². The Kier molecular flexibility index (Phi) is 2.10. The largest absolute Gasteiger partial charge is 0.500 e. The van der Waals surface area contributed by atoms with Crippen molar-refractivity contribution < 1.29 is 9.47 Å². The van der Waals surface area contributed by atoms with Crippen LogP contribution >= 0.6 is 0 Å². The zero-order chi connectivity index (χ0) is 9.26. The Balaban J connectivity index is 2.27. The maximum Gasteiger partial charge on any atom is 0.105 e. The van der Waals surface area contributed by atoms with Gasteiger partial charge in [0.1, 0.15) is 5.76 Å². The number of fused-ring (bicyclic) bond motifs is 1. The molecule has 1 heterocycles. The lowest BCUT2D eigenvalue weighted by atomic mass is 9.92. The number of nitrogens with two attached hydrogens (primary N) is 1. The highest BCUT2D eigenvalue weighted by atomic mass is 16.5. The number of allylic oxidation sites excluding steroid dienone is 2. The Labute approximate surface area is 77.5 Å². The van der Waals surface area contributed by atoms with Crippen LogP contribution in [0.5, 0.6) is 0 Å². The van der Waals surface area contributed by atoms with Crippen LogP contribution in [-0.2, 0) is 9.47 Å². The minimum absolute atomic E-state index is 0.0900. The molecule has 0 aromatic carbocycles. The molecule has 2 N–H and O–H groups in total. The fraction of sp³-hybridized carbons (Fsp3) is 0.400. The van der Waals surface area contributed by atoms with Crippen LogP contribution in [0.3, 0.4) is 0 Å². The molecule has 0 aromatic rings. The lowest BCUT2D eigenvalue weighted by molar-refractivity contribution is 0.0518. The summed E-state index contributed by atoms with van der Waals surface area (Å²) < 4.78 is 10.8. The van der Waals surface area contributed by atoms with Crippen molar-refractivity contribution in [2.75, 3.05) is 13.7 Å². The van der Waals surface area contributed by atoms with Gasteiger partial charge < -0.3 is 15.2 Å². The molecule has 0 amide bonds. The summed E-state index contributed by atoms with van der Waals surface area (Å²) in [6.45, 7) is 0.516. The minimum atomic E-state index is 0.0900. The Bertz CT molecular complexity index is 291. The first-order valence-electron chi connectivity index (χ1n) is 4.31. The van der Waals surface area contributed by atoms with Crippen LogP contribution in [0, 0.1) is 5.92 Å². The third-order valence-electron chi connectivity index (χ3n) is 2.32. The van der Waals surface area contributed by atoms with E-state index in [1.807, 2.05) is 24.3 Å². The molecule has 0 spiro atoms. The van der Waals surface area contributed by atoms with Crippen molar-refractivity contribution in [3.63, 3.8) is 0 Å². The monoisotopic (exact) mass is 179 g/mol. The summed E-state index contributed by atoms with van der Waals surface area (Å²) in [4.78, 5) is 0. The third kappa shape index (κ3) is 1.47. The van der Waals surface area contributed by atoms with Crippen molar-refractivity contribution >= 4 is 0 Å². The fourth-order valence-electron chi connectivity index (χ4n) is 1.66. The molecule has 2 atom stereocenters. The van der Waals surface area contributed by atoms with Crippen molar-refractivity contribution in [1.82, 2.24) is 0 Å². The van der Waals surface area contributed by atoms with E-state index in [2.05, 4.69) is 0 Å². The highest BCUT2D eigenvalue weighted by molar-refractivity contribution is 5.27. The van der Waals surface area contributed by atoms with Crippen molar-refractivity contribution in [2.45, 2.75) is 6.10 Å². The zero-order valence-electron chi connectivity index (χ0n) is 7.57. The Hall–Kier alpha value is -1.22. The van der Waals surface area contributed by atoms with Gasteiger partial charge in [-0.1, -0.05) is 12.2 Å². The lowest BCUT2D eigenvalue weighted by Gasteiger charge is -2.30. The van der Waals surface area contributed by atoms with E-state index in [1.165, 1.54) is 0 Å². The van der Waals surface area contributed by atoms with Crippen LogP contribution in [0.25, 0.3) is 0 Å². The van der Waals surface area contributed by atoms with E-state index < -0.39 is 0 Å². The van der Waals surface area contributed by atoms with Crippen LogP contribution < -0.4 is 5.73 Å². The van der Waals surface area contributed by atoms with Gasteiger partial charge in [0.05, 0.1) is 25.7 Å². The molecular weight excluding hydrogens is 166 g/mol. The molecule has 13 heavy (non-hydrogen) atoms. The molecule has 0 fully saturated rings. The normalized spacial score (nSPS) is 31.8. The second-order valence-corrected chi connectivity index (χ2v) is 3.20. The predicted octanol–water partition coefficient (Wildman–Crippen LogP) is 0.944. The lowest BCUT2D eigenvalue weighted by Crippen LogP contribution is -2.31. The van der Waals surface area contributed by atoms with E-state index in [-0.39, 0.29) is 12.0 Å². The second-order valence-electron chi connectivity index (χ2n) is 3.20. The molecule has 0 bridgehead atoms. The van der Waals surface area contributed by atoms with E-state index >= 15 is 0 Å². The summed E-state index contributed by atoms with van der Waals surface area (Å²) in [5.74, 6) is 1.07. The van der Waals surface area contributed by atoms with Crippen LogP contribution in [0.15, 0.2) is 35.8 Å². The Morgan fingerprint density at radius 1 is 1.62 bits per heavy atom. The maximum absolute atomic E-state index is 5.69. The first-order valence-corrected chi connectivity index (χ1v) is 4.31. The van der Waals surface area contributed by atoms with Gasteiger partial charge in [0.25, 0.3) is 0 Å². The quantitative estimate of drug-likeness (QED) is 0.651. The average Bonchev–Trinajstić information content (AvgIpc) is 2.17.